The maximum atomic E-state index is 13.6. The van der Waals surface area contributed by atoms with Gasteiger partial charge in [0.15, 0.2) is 0 Å². The van der Waals surface area contributed by atoms with E-state index in [1.807, 2.05) is 13.8 Å². The number of hydrogen-bond acceptors (Lipinski definition) is 4. The normalized spacial score (nSPS) is 12.3. The zero-order valence-corrected chi connectivity index (χ0v) is 23.2. The summed E-state index contributed by atoms with van der Waals surface area (Å²) in [6.45, 7) is 5.67. The maximum Gasteiger partial charge on any atom is 0.244 e. The van der Waals surface area contributed by atoms with Gasteiger partial charge in [-0.2, -0.15) is 0 Å². The predicted octanol–water partition coefficient (Wildman–Crippen LogP) is 4.99. The first-order valence-corrected chi connectivity index (χ1v) is 14.1. The van der Waals surface area contributed by atoms with Gasteiger partial charge in [0.25, 0.3) is 0 Å². The van der Waals surface area contributed by atoms with Crippen LogP contribution in [-0.2, 0) is 26.2 Å². The van der Waals surface area contributed by atoms with E-state index in [0.717, 1.165) is 10.6 Å². The Balaban J connectivity index is 2.46. The molecule has 0 heterocycles. The lowest BCUT2D eigenvalue weighted by atomic mass is 10.1. The molecule has 0 bridgehead atoms. The first kappa shape index (κ1) is 29.2. The molecule has 7 nitrogen and oxygen atoms in total. The summed E-state index contributed by atoms with van der Waals surface area (Å²) < 4.78 is 26.2. The second-order valence-electron chi connectivity index (χ2n) is 8.55. The number of para-hydroxylation sites is 1. The van der Waals surface area contributed by atoms with E-state index in [9.17, 15) is 18.0 Å². The molecule has 192 valence electrons. The first-order valence-electron chi connectivity index (χ1n) is 11.1. The molecule has 0 fully saturated rings. The highest BCUT2D eigenvalue weighted by Crippen LogP contribution is 2.28. The van der Waals surface area contributed by atoms with Gasteiger partial charge in [-0.1, -0.05) is 73.8 Å². The molecule has 2 aromatic rings. The minimum Gasteiger partial charge on any atom is -0.354 e. The zero-order chi connectivity index (χ0) is 26.3. The molecule has 35 heavy (non-hydrogen) atoms. The first-order chi connectivity index (χ1) is 16.3. The number of halogens is 3. The van der Waals surface area contributed by atoms with Gasteiger partial charge in [-0.25, -0.2) is 8.42 Å². The predicted molar refractivity (Wildman–Crippen MR) is 143 cm³/mol. The van der Waals surface area contributed by atoms with Crippen LogP contribution in [0.4, 0.5) is 5.69 Å². The van der Waals surface area contributed by atoms with Gasteiger partial charge in [0.2, 0.25) is 21.8 Å². The van der Waals surface area contributed by atoms with Crippen molar-refractivity contribution in [3.05, 3.63) is 63.1 Å². The van der Waals surface area contributed by atoms with Crippen molar-refractivity contribution in [2.45, 2.75) is 39.8 Å². The number of carbonyl (C=O) groups excluding carboxylic acids is 2. The van der Waals surface area contributed by atoms with E-state index in [4.69, 9.17) is 34.8 Å². The summed E-state index contributed by atoms with van der Waals surface area (Å²) in [7, 11) is -3.87. The molecule has 2 aromatic carbocycles. The van der Waals surface area contributed by atoms with Crippen molar-refractivity contribution < 1.29 is 18.0 Å². The Morgan fingerprint density at radius 3 is 2.20 bits per heavy atom. The van der Waals surface area contributed by atoms with Gasteiger partial charge in [0, 0.05) is 13.1 Å². The molecule has 2 rings (SSSR count). The molecule has 0 aliphatic rings. The van der Waals surface area contributed by atoms with Crippen LogP contribution < -0.4 is 9.62 Å². The maximum absolute atomic E-state index is 13.6. The number of amides is 2. The van der Waals surface area contributed by atoms with Gasteiger partial charge >= 0.3 is 0 Å². The zero-order valence-electron chi connectivity index (χ0n) is 20.1. The SMILES string of the molecule is CC[C@H](C(=O)NCC(C)C)N(Cc1ccc(Cl)c(Cl)c1)C(=O)CN(c1ccccc1Cl)S(C)(=O)=O. The summed E-state index contributed by atoms with van der Waals surface area (Å²) in [5.74, 6) is -0.664. The molecule has 0 spiro atoms. The van der Waals surface area contributed by atoms with E-state index in [-0.39, 0.29) is 29.1 Å². The average molecular weight is 563 g/mol. The van der Waals surface area contributed by atoms with Crippen LogP contribution in [0.3, 0.4) is 0 Å². The highest BCUT2D eigenvalue weighted by atomic mass is 35.5. The van der Waals surface area contributed by atoms with Crippen LogP contribution >= 0.6 is 34.8 Å². The number of nitrogens with one attached hydrogen (secondary N) is 1. The van der Waals surface area contributed by atoms with Gasteiger partial charge in [-0.05, 0) is 42.2 Å². The average Bonchev–Trinajstić information content (AvgIpc) is 2.78. The summed E-state index contributed by atoms with van der Waals surface area (Å²) in [4.78, 5) is 28.0. The van der Waals surface area contributed by atoms with Crippen molar-refractivity contribution >= 4 is 62.3 Å². The summed E-state index contributed by atoms with van der Waals surface area (Å²) in [5, 5.41) is 3.72. The summed E-state index contributed by atoms with van der Waals surface area (Å²) in [6.07, 6.45) is 1.32. The minimum absolute atomic E-state index is 0.0312. The smallest absolute Gasteiger partial charge is 0.244 e. The Hall–Kier alpha value is -2.00. The molecular weight excluding hydrogens is 533 g/mol. The van der Waals surface area contributed by atoms with E-state index in [0.29, 0.717) is 28.6 Å². The number of anilines is 1. The number of sulfonamides is 1. The highest BCUT2D eigenvalue weighted by molar-refractivity contribution is 7.92. The second kappa shape index (κ2) is 12.8. The fraction of sp³-hybridized carbons (Fsp3) is 0.417. The molecule has 0 aromatic heterocycles. The van der Waals surface area contributed by atoms with Crippen LogP contribution in [0.25, 0.3) is 0 Å². The van der Waals surface area contributed by atoms with Gasteiger partial charge in [-0.3, -0.25) is 13.9 Å². The van der Waals surface area contributed by atoms with Crippen molar-refractivity contribution in [3.8, 4) is 0 Å². The Morgan fingerprint density at radius 1 is 1.00 bits per heavy atom. The van der Waals surface area contributed by atoms with Crippen molar-refractivity contribution in [1.29, 1.82) is 0 Å². The third-order valence-electron chi connectivity index (χ3n) is 5.21. The van der Waals surface area contributed by atoms with Gasteiger partial charge < -0.3 is 10.2 Å². The van der Waals surface area contributed by atoms with E-state index in [2.05, 4.69) is 5.32 Å². The summed E-state index contributed by atoms with van der Waals surface area (Å²) >= 11 is 18.4. The van der Waals surface area contributed by atoms with Crippen molar-refractivity contribution in [2.75, 3.05) is 23.7 Å². The van der Waals surface area contributed by atoms with Gasteiger partial charge in [0.05, 0.1) is 27.0 Å². The van der Waals surface area contributed by atoms with Crippen LogP contribution in [0, 0.1) is 5.92 Å². The fourth-order valence-corrected chi connectivity index (χ4v) is 4.90. The van der Waals surface area contributed by atoms with Crippen LogP contribution in [-0.4, -0.2) is 50.5 Å². The molecule has 0 saturated heterocycles. The molecule has 1 atom stereocenters. The molecule has 11 heteroatoms. The van der Waals surface area contributed by atoms with Crippen molar-refractivity contribution in [2.24, 2.45) is 5.92 Å². The molecule has 0 unspecified atom stereocenters. The lowest BCUT2D eigenvalue weighted by Gasteiger charge is -2.33. The molecule has 2 amide bonds. The molecule has 0 radical (unpaired) electrons. The number of nitrogens with zero attached hydrogens (tertiary/aromatic N) is 2. The molecule has 0 aliphatic carbocycles. The summed E-state index contributed by atoms with van der Waals surface area (Å²) in [6, 6.07) is 10.5. The Kier molecular flexibility index (Phi) is 10.7. The van der Waals surface area contributed by atoms with E-state index >= 15 is 0 Å². The summed E-state index contributed by atoms with van der Waals surface area (Å²) in [5.41, 5.74) is 0.823. The van der Waals surface area contributed by atoms with E-state index < -0.39 is 28.5 Å². The minimum atomic E-state index is -3.87. The highest BCUT2D eigenvalue weighted by Gasteiger charge is 2.32. The topological polar surface area (TPSA) is 86.8 Å². The fourth-order valence-electron chi connectivity index (χ4n) is 3.43. The number of carbonyl (C=O) groups is 2. The molecule has 0 saturated carbocycles. The molecule has 0 aliphatic heterocycles. The lowest BCUT2D eigenvalue weighted by Crippen LogP contribution is -2.52. The molecular formula is C24H30Cl3N3O4S. The van der Waals surface area contributed by atoms with Gasteiger partial charge in [-0.15, -0.1) is 0 Å². The van der Waals surface area contributed by atoms with Crippen LogP contribution in [0.1, 0.15) is 32.8 Å². The van der Waals surface area contributed by atoms with Crippen molar-refractivity contribution in [1.82, 2.24) is 10.2 Å². The van der Waals surface area contributed by atoms with Crippen LogP contribution in [0.2, 0.25) is 15.1 Å². The Morgan fingerprint density at radius 2 is 1.66 bits per heavy atom. The van der Waals surface area contributed by atoms with Gasteiger partial charge in [0.1, 0.15) is 12.6 Å². The molecule has 1 N–H and O–H groups in total. The number of rotatable bonds is 11. The number of benzene rings is 2. The standard InChI is InChI=1S/C24H30Cl3N3O4S/c1-5-21(24(32)28-13-16(2)3)29(14-17-10-11-18(25)20(27)12-17)23(31)15-30(35(4,33)34)22-9-7-6-8-19(22)26/h6-12,16,21H,5,13-15H2,1-4H3,(H,28,32)/t21-/m1/s1. The lowest BCUT2D eigenvalue weighted by molar-refractivity contribution is -0.140. The van der Waals surface area contributed by atoms with Crippen molar-refractivity contribution in [3.63, 3.8) is 0 Å². The monoisotopic (exact) mass is 561 g/mol. The largest absolute Gasteiger partial charge is 0.354 e. The van der Waals surface area contributed by atoms with Crippen LogP contribution in [0.15, 0.2) is 42.5 Å². The van der Waals surface area contributed by atoms with E-state index in [1.54, 1.807) is 43.3 Å². The third-order valence-corrected chi connectivity index (χ3v) is 7.39. The second-order valence-corrected chi connectivity index (χ2v) is 11.7. The van der Waals surface area contributed by atoms with E-state index in [1.165, 1.54) is 11.0 Å². The quantitative estimate of drug-likeness (QED) is 0.418. The Labute approximate surface area is 222 Å². The van der Waals surface area contributed by atoms with Crippen LogP contribution in [0.5, 0.6) is 0 Å². The Bertz CT molecular complexity index is 1160. The number of hydrogen-bond donors (Lipinski definition) is 1. The third kappa shape index (κ3) is 8.27.